The van der Waals surface area contributed by atoms with Crippen LogP contribution < -0.4 is 9.47 Å². The van der Waals surface area contributed by atoms with E-state index in [2.05, 4.69) is 45.2 Å². The monoisotopic (exact) mass is 621 g/mol. The Balaban J connectivity index is 1.86. The molecule has 1 fully saturated rings. The first-order chi connectivity index (χ1) is 13.4. The topological polar surface area (TPSA) is 55.8 Å². The second kappa shape index (κ2) is 9.49. The van der Waals surface area contributed by atoms with Crippen molar-refractivity contribution in [2.45, 2.75) is 13.5 Å². The second-order valence-electron chi connectivity index (χ2n) is 5.86. The molecule has 2 aromatic carbocycles. The Morgan fingerprint density at radius 2 is 1.86 bits per heavy atom. The summed E-state index contributed by atoms with van der Waals surface area (Å²) in [5.41, 5.74) is 1.70. The number of amides is 2. The molecule has 1 aliphatic heterocycles. The van der Waals surface area contributed by atoms with Gasteiger partial charge in [0.2, 0.25) is 0 Å². The standard InChI is InChI=1S/C20H17I2NO4S/c1-3-27-16-9-13(8-15(22)18(16)26-2)10-17-19(24)23(20(25)28-17)11-12-4-6-14(21)7-5-12/h4-10H,3,11H2,1-2H3/b17-10-. The highest BCUT2D eigenvalue weighted by atomic mass is 127. The van der Waals surface area contributed by atoms with E-state index in [9.17, 15) is 9.59 Å². The number of carbonyl (C=O) groups is 2. The molecular weight excluding hydrogens is 604 g/mol. The van der Waals surface area contributed by atoms with Crippen molar-refractivity contribution in [1.82, 2.24) is 4.90 Å². The molecule has 0 spiro atoms. The molecule has 0 aliphatic carbocycles. The lowest BCUT2D eigenvalue weighted by Crippen LogP contribution is -2.27. The maximum atomic E-state index is 12.8. The van der Waals surface area contributed by atoms with Gasteiger partial charge in [-0.15, -0.1) is 0 Å². The van der Waals surface area contributed by atoms with Gasteiger partial charge in [0.25, 0.3) is 11.1 Å². The van der Waals surface area contributed by atoms with E-state index in [0.29, 0.717) is 23.0 Å². The molecule has 0 radical (unpaired) electrons. The van der Waals surface area contributed by atoms with E-state index in [-0.39, 0.29) is 17.7 Å². The first-order valence-corrected chi connectivity index (χ1v) is 11.4. The minimum absolute atomic E-state index is 0.261. The third-order valence-corrected chi connectivity index (χ3v) is 6.39. The van der Waals surface area contributed by atoms with Crippen LogP contribution in [0.25, 0.3) is 6.08 Å². The summed E-state index contributed by atoms with van der Waals surface area (Å²) in [4.78, 5) is 26.8. The average molecular weight is 621 g/mol. The van der Waals surface area contributed by atoms with E-state index in [1.807, 2.05) is 43.3 Å². The number of methoxy groups -OCH3 is 1. The largest absolute Gasteiger partial charge is 0.492 e. The van der Waals surface area contributed by atoms with Crippen molar-refractivity contribution >= 4 is 74.2 Å². The molecule has 28 heavy (non-hydrogen) atoms. The van der Waals surface area contributed by atoms with Gasteiger partial charge in [-0.3, -0.25) is 14.5 Å². The minimum Gasteiger partial charge on any atom is -0.492 e. The van der Waals surface area contributed by atoms with Crippen LogP contribution in [0.15, 0.2) is 41.3 Å². The van der Waals surface area contributed by atoms with Gasteiger partial charge in [-0.25, -0.2) is 0 Å². The molecule has 0 atom stereocenters. The minimum atomic E-state index is -0.280. The maximum Gasteiger partial charge on any atom is 0.293 e. The fourth-order valence-corrected chi connectivity index (χ4v) is 4.74. The molecule has 1 aliphatic rings. The highest BCUT2D eigenvalue weighted by Crippen LogP contribution is 2.37. The summed E-state index contributed by atoms with van der Waals surface area (Å²) in [6, 6.07) is 11.5. The number of halogens is 2. The molecule has 146 valence electrons. The Labute approximate surface area is 195 Å². The van der Waals surface area contributed by atoms with Gasteiger partial charge in [-0.05, 0) is 105 Å². The van der Waals surface area contributed by atoms with Crippen LogP contribution in [0.1, 0.15) is 18.1 Å². The van der Waals surface area contributed by atoms with Gasteiger partial charge in [0.05, 0.1) is 28.7 Å². The van der Waals surface area contributed by atoms with Gasteiger partial charge in [0.15, 0.2) is 11.5 Å². The van der Waals surface area contributed by atoms with Crippen LogP contribution in [0.3, 0.4) is 0 Å². The average Bonchev–Trinajstić information content (AvgIpc) is 2.91. The normalized spacial score (nSPS) is 15.4. The summed E-state index contributed by atoms with van der Waals surface area (Å²) >= 11 is 5.34. The SMILES string of the molecule is CCOc1cc(/C=C2\SC(=O)N(Cc3ccc(I)cc3)C2=O)cc(I)c1OC. The van der Waals surface area contributed by atoms with Crippen LogP contribution in [0.5, 0.6) is 11.5 Å². The number of hydrogen-bond acceptors (Lipinski definition) is 5. The number of hydrogen-bond donors (Lipinski definition) is 0. The fourth-order valence-electron chi connectivity index (χ4n) is 2.69. The molecule has 3 rings (SSSR count). The molecule has 8 heteroatoms. The molecule has 2 amide bonds. The van der Waals surface area contributed by atoms with Gasteiger partial charge in [-0.2, -0.15) is 0 Å². The molecule has 5 nitrogen and oxygen atoms in total. The van der Waals surface area contributed by atoms with Crippen LogP contribution in [-0.2, 0) is 11.3 Å². The van der Waals surface area contributed by atoms with Crippen molar-refractivity contribution in [3.05, 3.63) is 59.6 Å². The Hall–Kier alpha value is -1.27. The summed E-state index contributed by atoms with van der Waals surface area (Å²) in [5.74, 6) is 0.991. The number of nitrogens with zero attached hydrogens (tertiary/aromatic N) is 1. The van der Waals surface area contributed by atoms with Crippen molar-refractivity contribution in [2.75, 3.05) is 13.7 Å². The highest BCUT2D eigenvalue weighted by Gasteiger charge is 2.35. The Bertz CT molecular complexity index is 944. The van der Waals surface area contributed by atoms with Crippen LogP contribution in [0.4, 0.5) is 4.79 Å². The Kier molecular flexibility index (Phi) is 7.26. The van der Waals surface area contributed by atoms with Crippen LogP contribution in [-0.4, -0.2) is 29.8 Å². The van der Waals surface area contributed by atoms with Crippen LogP contribution in [0.2, 0.25) is 0 Å². The third kappa shape index (κ3) is 4.82. The van der Waals surface area contributed by atoms with E-state index in [4.69, 9.17) is 9.47 Å². The molecule has 0 saturated carbocycles. The van der Waals surface area contributed by atoms with Gasteiger partial charge in [-0.1, -0.05) is 12.1 Å². The Morgan fingerprint density at radius 1 is 1.14 bits per heavy atom. The molecule has 1 heterocycles. The molecule has 0 unspecified atom stereocenters. The third-order valence-electron chi connectivity index (χ3n) is 3.96. The van der Waals surface area contributed by atoms with Crippen LogP contribution >= 0.6 is 56.9 Å². The van der Waals surface area contributed by atoms with E-state index in [1.54, 1.807) is 13.2 Å². The lowest BCUT2D eigenvalue weighted by atomic mass is 10.1. The predicted molar refractivity (Wildman–Crippen MR) is 128 cm³/mol. The zero-order chi connectivity index (χ0) is 20.3. The highest BCUT2D eigenvalue weighted by molar-refractivity contribution is 14.1. The number of thioether (sulfide) groups is 1. The number of benzene rings is 2. The van der Waals surface area contributed by atoms with Crippen molar-refractivity contribution in [3.8, 4) is 11.5 Å². The Morgan fingerprint density at radius 3 is 2.50 bits per heavy atom. The number of imide groups is 1. The number of carbonyl (C=O) groups excluding carboxylic acids is 2. The van der Waals surface area contributed by atoms with Gasteiger partial charge in [0, 0.05) is 3.57 Å². The number of rotatable bonds is 6. The predicted octanol–water partition coefficient (Wildman–Crippen LogP) is 5.54. The summed E-state index contributed by atoms with van der Waals surface area (Å²) in [6.07, 6.45) is 1.73. The molecule has 2 aromatic rings. The fraction of sp³-hybridized carbons (Fsp3) is 0.200. The summed E-state index contributed by atoms with van der Waals surface area (Å²) in [6.45, 7) is 2.67. The lowest BCUT2D eigenvalue weighted by molar-refractivity contribution is -0.123. The smallest absolute Gasteiger partial charge is 0.293 e. The molecule has 0 N–H and O–H groups in total. The molecular formula is C20H17I2NO4S. The maximum absolute atomic E-state index is 12.8. The molecule has 0 aromatic heterocycles. The van der Waals surface area contributed by atoms with E-state index in [0.717, 1.165) is 30.0 Å². The van der Waals surface area contributed by atoms with Crippen LogP contribution in [0, 0.1) is 7.14 Å². The molecule has 1 saturated heterocycles. The summed E-state index contributed by atoms with van der Waals surface area (Å²) in [5, 5.41) is -0.261. The van der Waals surface area contributed by atoms with E-state index < -0.39 is 0 Å². The first-order valence-electron chi connectivity index (χ1n) is 8.43. The van der Waals surface area contributed by atoms with Gasteiger partial charge in [0.1, 0.15) is 0 Å². The summed E-state index contributed by atoms with van der Waals surface area (Å²) < 4.78 is 13.0. The van der Waals surface area contributed by atoms with Gasteiger partial charge < -0.3 is 9.47 Å². The summed E-state index contributed by atoms with van der Waals surface area (Å²) in [7, 11) is 1.59. The van der Waals surface area contributed by atoms with Crippen molar-refractivity contribution in [2.24, 2.45) is 0 Å². The zero-order valence-corrected chi connectivity index (χ0v) is 20.3. The van der Waals surface area contributed by atoms with Crippen molar-refractivity contribution < 1.29 is 19.1 Å². The van der Waals surface area contributed by atoms with E-state index in [1.165, 1.54) is 4.90 Å². The quantitative estimate of drug-likeness (QED) is 0.314. The second-order valence-corrected chi connectivity index (χ2v) is 9.26. The first kappa shape index (κ1) is 21.4. The van der Waals surface area contributed by atoms with E-state index >= 15 is 0 Å². The lowest BCUT2D eigenvalue weighted by Gasteiger charge is -2.13. The molecule has 0 bridgehead atoms. The van der Waals surface area contributed by atoms with Crippen molar-refractivity contribution in [1.29, 1.82) is 0 Å². The zero-order valence-electron chi connectivity index (χ0n) is 15.2. The van der Waals surface area contributed by atoms with Crippen molar-refractivity contribution in [3.63, 3.8) is 0 Å². The number of ether oxygens (including phenoxy) is 2. The van der Waals surface area contributed by atoms with Gasteiger partial charge >= 0.3 is 0 Å².